The van der Waals surface area contributed by atoms with E-state index in [0.29, 0.717) is 5.69 Å². The van der Waals surface area contributed by atoms with Crippen molar-refractivity contribution in [2.24, 2.45) is 5.92 Å². The fourth-order valence-electron chi connectivity index (χ4n) is 1.53. The molecule has 0 saturated heterocycles. The number of aromatic amines is 1. The minimum atomic E-state index is -0.344. The van der Waals surface area contributed by atoms with Crippen molar-refractivity contribution in [3.63, 3.8) is 0 Å². The average molecular weight is 228 g/mol. The van der Waals surface area contributed by atoms with E-state index in [1.165, 1.54) is 19.3 Å². The van der Waals surface area contributed by atoms with Crippen molar-refractivity contribution < 1.29 is 0 Å². The van der Waals surface area contributed by atoms with Gasteiger partial charge in [-0.05, 0) is 18.8 Å². The Balaban J connectivity index is 1.81. The van der Waals surface area contributed by atoms with Crippen LogP contribution in [0.2, 0.25) is 5.02 Å². The van der Waals surface area contributed by atoms with Crippen LogP contribution >= 0.6 is 11.6 Å². The first-order chi connectivity index (χ1) is 7.27. The molecule has 0 aromatic carbocycles. The van der Waals surface area contributed by atoms with Crippen LogP contribution in [0.3, 0.4) is 0 Å². The first-order valence-electron chi connectivity index (χ1n) is 5.24. The summed E-state index contributed by atoms with van der Waals surface area (Å²) >= 11 is 5.80. The molecule has 2 rings (SSSR count). The van der Waals surface area contributed by atoms with Gasteiger partial charge in [-0.3, -0.25) is 4.79 Å². The lowest BCUT2D eigenvalue weighted by molar-refractivity contribution is 0.687. The van der Waals surface area contributed by atoms with Gasteiger partial charge in [0, 0.05) is 6.54 Å². The van der Waals surface area contributed by atoms with Crippen LogP contribution in [0.15, 0.2) is 11.0 Å². The number of nitrogens with zero attached hydrogens (tertiary/aromatic N) is 1. The van der Waals surface area contributed by atoms with Gasteiger partial charge in [-0.15, -0.1) is 0 Å². The molecular formula is C10H14ClN3O. The molecule has 1 fully saturated rings. The van der Waals surface area contributed by atoms with Crippen LogP contribution in [0.4, 0.5) is 5.69 Å². The molecule has 4 nitrogen and oxygen atoms in total. The molecule has 0 bridgehead atoms. The standard InChI is InChI=1S/C10H14ClN3O/c11-9-8(6-13-14-10(9)15)12-5-1-2-7-3-4-7/h6-7H,1-5H2,(H2,12,14,15). The van der Waals surface area contributed by atoms with E-state index in [1.54, 1.807) is 6.20 Å². The van der Waals surface area contributed by atoms with Crippen molar-refractivity contribution in [2.75, 3.05) is 11.9 Å². The number of anilines is 1. The maximum atomic E-state index is 11.1. The highest BCUT2D eigenvalue weighted by molar-refractivity contribution is 6.32. The Hall–Kier alpha value is -1.03. The van der Waals surface area contributed by atoms with E-state index in [0.717, 1.165) is 18.9 Å². The second-order valence-corrected chi connectivity index (χ2v) is 4.32. The van der Waals surface area contributed by atoms with Crippen molar-refractivity contribution in [2.45, 2.75) is 25.7 Å². The highest BCUT2D eigenvalue weighted by Gasteiger charge is 2.19. The van der Waals surface area contributed by atoms with Crippen LogP contribution in [0.5, 0.6) is 0 Å². The minimum Gasteiger partial charge on any atom is -0.382 e. The second-order valence-electron chi connectivity index (χ2n) is 3.94. The molecule has 0 atom stereocenters. The molecule has 0 aliphatic heterocycles. The van der Waals surface area contributed by atoms with E-state index in [2.05, 4.69) is 15.5 Å². The van der Waals surface area contributed by atoms with Gasteiger partial charge in [0.2, 0.25) is 0 Å². The third-order valence-electron chi connectivity index (χ3n) is 2.60. The third-order valence-corrected chi connectivity index (χ3v) is 2.97. The Morgan fingerprint density at radius 3 is 3.13 bits per heavy atom. The van der Waals surface area contributed by atoms with Crippen LogP contribution in [0.1, 0.15) is 25.7 Å². The maximum absolute atomic E-state index is 11.1. The Morgan fingerprint density at radius 1 is 1.60 bits per heavy atom. The molecule has 1 heterocycles. The third kappa shape index (κ3) is 2.96. The lowest BCUT2D eigenvalue weighted by atomic mass is 10.2. The summed E-state index contributed by atoms with van der Waals surface area (Å²) in [6.45, 7) is 0.849. The summed E-state index contributed by atoms with van der Waals surface area (Å²) in [5, 5.41) is 9.28. The van der Waals surface area contributed by atoms with Gasteiger partial charge in [-0.2, -0.15) is 5.10 Å². The summed E-state index contributed by atoms with van der Waals surface area (Å²) < 4.78 is 0. The predicted molar refractivity (Wildman–Crippen MR) is 60.3 cm³/mol. The normalized spacial score (nSPS) is 15.3. The van der Waals surface area contributed by atoms with Gasteiger partial charge >= 0.3 is 0 Å². The number of rotatable bonds is 5. The van der Waals surface area contributed by atoms with E-state index in [1.807, 2.05) is 0 Å². The quantitative estimate of drug-likeness (QED) is 0.757. The number of halogens is 1. The topological polar surface area (TPSA) is 57.8 Å². The first-order valence-corrected chi connectivity index (χ1v) is 5.62. The monoisotopic (exact) mass is 227 g/mol. The van der Waals surface area contributed by atoms with Gasteiger partial charge in [-0.25, -0.2) is 5.10 Å². The van der Waals surface area contributed by atoms with Crippen molar-refractivity contribution in [3.8, 4) is 0 Å². The van der Waals surface area contributed by atoms with Crippen LogP contribution in [0, 0.1) is 5.92 Å². The van der Waals surface area contributed by atoms with Crippen LogP contribution in [0.25, 0.3) is 0 Å². The van der Waals surface area contributed by atoms with E-state index in [4.69, 9.17) is 11.6 Å². The van der Waals surface area contributed by atoms with Crippen molar-refractivity contribution in [1.29, 1.82) is 0 Å². The Labute approximate surface area is 93.0 Å². The number of nitrogens with one attached hydrogen (secondary N) is 2. The van der Waals surface area contributed by atoms with Gasteiger partial charge in [0.05, 0.1) is 11.9 Å². The zero-order valence-electron chi connectivity index (χ0n) is 8.42. The van der Waals surface area contributed by atoms with Crippen LogP contribution in [-0.4, -0.2) is 16.7 Å². The Kier molecular flexibility index (Phi) is 3.26. The fraction of sp³-hybridized carbons (Fsp3) is 0.600. The molecule has 15 heavy (non-hydrogen) atoms. The first kappa shape index (κ1) is 10.5. The van der Waals surface area contributed by atoms with E-state index in [9.17, 15) is 4.79 Å². The van der Waals surface area contributed by atoms with Crippen molar-refractivity contribution in [3.05, 3.63) is 21.6 Å². The molecule has 0 spiro atoms. The summed E-state index contributed by atoms with van der Waals surface area (Å²) in [6.07, 6.45) is 6.69. The second kappa shape index (κ2) is 4.66. The zero-order valence-corrected chi connectivity index (χ0v) is 9.18. The van der Waals surface area contributed by atoms with E-state index >= 15 is 0 Å². The van der Waals surface area contributed by atoms with Crippen LogP contribution in [-0.2, 0) is 0 Å². The Morgan fingerprint density at radius 2 is 2.40 bits per heavy atom. The molecule has 1 aromatic heterocycles. The number of hydrogen-bond acceptors (Lipinski definition) is 3. The molecule has 1 aliphatic carbocycles. The summed E-state index contributed by atoms with van der Waals surface area (Å²) in [5.74, 6) is 0.944. The largest absolute Gasteiger partial charge is 0.382 e. The maximum Gasteiger partial charge on any atom is 0.285 e. The molecule has 0 unspecified atom stereocenters. The van der Waals surface area contributed by atoms with Gasteiger partial charge < -0.3 is 5.32 Å². The summed E-state index contributed by atoms with van der Waals surface area (Å²) in [5.41, 5.74) is 0.278. The molecule has 0 amide bonds. The summed E-state index contributed by atoms with van der Waals surface area (Å²) in [4.78, 5) is 11.1. The van der Waals surface area contributed by atoms with Gasteiger partial charge in [0.1, 0.15) is 5.02 Å². The molecule has 1 saturated carbocycles. The van der Waals surface area contributed by atoms with Gasteiger partial charge in [-0.1, -0.05) is 24.4 Å². The number of hydrogen-bond donors (Lipinski definition) is 2. The number of H-pyrrole nitrogens is 1. The SMILES string of the molecule is O=c1[nH]ncc(NCCCC2CC2)c1Cl. The predicted octanol–water partition coefficient (Wildman–Crippen LogP) is 2.03. The molecule has 82 valence electrons. The molecule has 5 heteroatoms. The number of aromatic nitrogens is 2. The van der Waals surface area contributed by atoms with E-state index in [-0.39, 0.29) is 10.6 Å². The fourth-order valence-corrected chi connectivity index (χ4v) is 1.68. The van der Waals surface area contributed by atoms with Crippen molar-refractivity contribution in [1.82, 2.24) is 10.2 Å². The molecule has 1 aliphatic rings. The Bertz CT molecular complexity index is 386. The van der Waals surface area contributed by atoms with Crippen LogP contribution < -0.4 is 10.9 Å². The van der Waals surface area contributed by atoms with Gasteiger partial charge in [0.15, 0.2) is 0 Å². The molecular weight excluding hydrogens is 214 g/mol. The smallest absolute Gasteiger partial charge is 0.285 e. The van der Waals surface area contributed by atoms with Crippen molar-refractivity contribution >= 4 is 17.3 Å². The highest BCUT2D eigenvalue weighted by Crippen LogP contribution is 2.33. The molecule has 0 radical (unpaired) electrons. The minimum absolute atomic E-state index is 0.191. The highest BCUT2D eigenvalue weighted by atomic mass is 35.5. The van der Waals surface area contributed by atoms with Gasteiger partial charge in [0.25, 0.3) is 5.56 Å². The van der Waals surface area contributed by atoms with E-state index < -0.39 is 0 Å². The lowest BCUT2D eigenvalue weighted by Crippen LogP contribution is -2.12. The summed E-state index contributed by atoms with van der Waals surface area (Å²) in [6, 6.07) is 0. The average Bonchev–Trinajstić information content (AvgIpc) is 3.02. The lowest BCUT2D eigenvalue weighted by Gasteiger charge is -2.05. The summed E-state index contributed by atoms with van der Waals surface area (Å²) in [7, 11) is 0. The molecule has 1 aromatic rings. The zero-order chi connectivity index (χ0) is 10.7. The molecule has 2 N–H and O–H groups in total.